The molecule has 0 amide bonds. The minimum absolute atomic E-state index is 1.04. The molecule has 0 nitrogen and oxygen atoms in total. The molecule has 2 aromatic rings. The predicted molar refractivity (Wildman–Crippen MR) is 78.0 cm³/mol. The summed E-state index contributed by atoms with van der Waals surface area (Å²) in [6.45, 7) is 3.85. The SMILES string of the molecule is C=Cc1ccccc1CSCc1ccccc1. The highest BCUT2D eigenvalue weighted by Crippen LogP contribution is 2.20. The Balaban J connectivity index is 1.92. The predicted octanol–water partition coefficient (Wildman–Crippen LogP) is 4.76. The van der Waals surface area contributed by atoms with E-state index in [9.17, 15) is 0 Å². The first-order valence-electron chi connectivity index (χ1n) is 5.72. The molecule has 0 aromatic heterocycles. The molecular weight excluding hydrogens is 224 g/mol. The van der Waals surface area contributed by atoms with E-state index in [2.05, 4.69) is 61.2 Å². The topological polar surface area (TPSA) is 0 Å². The Morgan fingerprint density at radius 2 is 1.59 bits per heavy atom. The summed E-state index contributed by atoms with van der Waals surface area (Å²) in [6, 6.07) is 19.0. The van der Waals surface area contributed by atoms with Gasteiger partial charge < -0.3 is 0 Å². The molecule has 0 fully saturated rings. The molecule has 0 aliphatic heterocycles. The standard InChI is InChI=1S/C16H16S/c1-2-15-10-6-7-11-16(15)13-17-12-14-8-4-3-5-9-14/h2-11H,1,12-13H2. The minimum Gasteiger partial charge on any atom is -0.152 e. The third-order valence-corrected chi connectivity index (χ3v) is 3.70. The average molecular weight is 240 g/mol. The van der Waals surface area contributed by atoms with E-state index in [0.717, 1.165) is 11.5 Å². The summed E-state index contributed by atoms with van der Waals surface area (Å²) in [4.78, 5) is 0. The highest BCUT2D eigenvalue weighted by Gasteiger charge is 1.98. The summed E-state index contributed by atoms with van der Waals surface area (Å²) >= 11 is 1.94. The van der Waals surface area contributed by atoms with Gasteiger partial charge in [0.25, 0.3) is 0 Å². The van der Waals surface area contributed by atoms with Crippen molar-refractivity contribution in [1.29, 1.82) is 0 Å². The molecule has 0 heterocycles. The van der Waals surface area contributed by atoms with E-state index in [1.165, 1.54) is 16.7 Å². The number of hydrogen-bond donors (Lipinski definition) is 0. The summed E-state index contributed by atoms with van der Waals surface area (Å²) in [7, 11) is 0. The van der Waals surface area contributed by atoms with E-state index in [4.69, 9.17) is 0 Å². The van der Waals surface area contributed by atoms with E-state index in [1.807, 2.05) is 17.8 Å². The Morgan fingerprint density at radius 1 is 0.882 bits per heavy atom. The first-order valence-corrected chi connectivity index (χ1v) is 6.87. The average Bonchev–Trinajstić information content (AvgIpc) is 2.40. The molecule has 0 saturated carbocycles. The normalized spacial score (nSPS) is 10.1. The van der Waals surface area contributed by atoms with Gasteiger partial charge in [-0.05, 0) is 16.7 Å². The van der Waals surface area contributed by atoms with Crippen LogP contribution in [-0.2, 0) is 11.5 Å². The molecule has 2 rings (SSSR count). The van der Waals surface area contributed by atoms with Gasteiger partial charge in [0.05, 0.1) is 0 Å². The van der Waals surface area contributed by atoms with Crippen LogP contribution in [0.25, 0.3) is 6.08 Å². The van der Waals surface area contributed by atoms with Gasteiger partial charge in [-0.1, -0.05) is 67.3 Å². The molecule has 0 aliphatic carbocycles. The zero-order valence-corrected chi connectivity index (χ0v) is 10.6. The van der Waals surface area contributed by atoms with Crippen molar-refractivity contribution in [2.45, 2.75) is 11.5 Å². The zero-order chi connectivity index (χ0) is 11.9. The number of thioether (sulfide) groups is 1. The van der Waals surface area contributed by atoms with Crippen LogP contribution in [0.5, 0.6) is 0 Å². The molecule has 1 heteroatoms. The Labute approximate surface area is 107 Å². The highest BCUT2D eigenvalue weighted by atomic mass is 32.2. The van der Waals surface area contributed by atoms with Gasteiger partial charge in [-0.25, -0.2) is 0 Å². The maximum atomic E-state index is 3.85. The monoisotopic (exact) mass is 240 g/mol. The smallest absolute Gasteiger partial charge is 0.0193 e. The summed E-state index contributed by atoms with van der Waals surface area (Å²) in [5.74, 6) is 2.10. The van der Waals surface area contributed by atoms with Crippen molar-refractivity contribution in [2.24, 2.45) is 0 Å². The van der Waals surface area contributed by atoms with Crippen LogP contribution < -0.4 is 0 Å². The largest absolute Gasteiger partial charge is 0.152 e. The van der Waals surface area contributed by atoms with Gasteiger partial charge >= 0.3 is 0 Å². The fourth-order valence-electron chi connectivity index (χ4n) is 1.72. The molecular formula is C16H16S. The van der Waals surface area contributed by atoms with Crippen molar-refractivity contribution in [2.75, 3.05) is 0 Å². The van der Waals surface area contributed by atoms with Crippen LogP contribution in [0.15, 0.2) is 61.2 Å². The molecule has 0 aliphatic rings. The van der Waals surface area contributed by atoms with Gasteiger partial charge in [0.15, 0.2) is 0 Å². The van der Waals surface area contributed by atoms with E-state index in [1.54, 1.807) is 0 Å². The third kappa shape index (κ3) is 3.50. The van der Waals surface area contributed by atoms with Crippen molar-refractivity contribution in [1.82, 2.24) is 0 Å². The van der Waals surface area contributed by atoms with E-state index >= 15 is 0 Å². The summed E-state index contributed by atoms with van der Waals surface area (Å²) in [6.07, 6.45) is 1.93. The second kappa shape index (κ2) is 6.31. The van der Waals surface area contributed by atoms with Crippen LogP contribution in [0, 0.1) is 0 Å². The lowest BCUT2D eigenvalue weighted by atomic mass is 10.1. The van der Waals surface area contributed by atoms with Gasteiger partial charge in [-0.2, -0.15) is 11.8 Å². The Kier molecular flexibility index (Phi) is 4.45. The maximum absolute atomic E-state index is 3.85. The summed E-state index contributed by atoms with van der Waals surface area (Å²) in [5.41, 5.74) is 3.99. The molecule has 86 valence electrons. The van der Waals surface area contributed by atoms with Crippen LogP contribution >= 0.6 is 11.8 Å². The molecule has 0 atom stereocenters. The quantitative estimate of drug-likeness (QED) is 0.726. The second-order valence-electron chi connectivity index (χ2n) is 3.88. The second-order valence-corrected chi connectivity index (χ2v) is 4.87. The minimum atomic E-state index is 1.04. The lowest BCUT2D eigenvalue weighted by molar-refractivity contribution is 1.35. The van der Waals surface area contributed by atoms with E-state index < -0.39 is 0 Å². The Bertz CT molecular complexity index is 474. The number of benzene rings is 2. The first-order chi connectivity index (χ1) is 8.40. The van der Waals surface area contributed by atoms with Gasteiger partial charge in [0, 0.05) is 11.5 Å². The van der Waals surface area contributed by atoms with Crippen molar-refractivity contribution < 1.29 is 0 Å². The highest BCUT2D eigenvalue weighted by molar-refractivity contribution is 7.97. The molecule has 0 N–H and O–H groups in total. The molecule has 0 bridgehead atoms. The van der Waals surface area contributed by atoms with Gasteiger partial charge in [-0.15, -0.1) is 0 Å². The van der Waals surface area contributed by atoms with Crippen molar-refractivity contribution in [3.05, 3.63) is 77.9 Å². The fraction of sp³-hybridized carbons (Fsp3) is 0.125. The van der Waals surface area contributed by atoms with Gasteiger partial charge in [0.1, 0.15) is 0 Å². The van der Waals surface area contributed by atoms with Crippen LogP contribution in [0.1, 0.15) is 16.7 Å². The lowest BCUT2D eigenvalue weighted by Crippen LogP contribution is -1.86. The van der Waals surface area contributed by atoms with Crippen LogP contribution in [0.2, 0.25) is 0 Å². The van der Waals surface area contributed by atoms with Crippen LogP contribution in [0.3, 0.4) is 0 Å². The lowest BCUT2D eigenvalue weighted by Gasteiger charge is -2.05. The number of rotatable bonds is 5. The maximum Gasteiger partial charge on any atom is 0.0193 e. The third-order valence-electron chi connectivity index (χ3n) is 2.64. The summed E-state index contributed by atoms with van der Waals surface area (Å²) < 4.78 is 0. The van der Waals surface area contributed by atoms with Gasteiger partial charge in [-0.3, -0.25) is 0 Å². The zero-order valence-electron chi connectivity index (χ0n) is 9.80. The van der Waals surface area contributed by atoms with Crippen LogP contribution in [0.4, 0.5) is 0 Å². The molecule has 17 heavy (non-hydrogen) atoms. The van der Waals surface area contributed by atoms with Crippen molar-refractivity contribution in [3.8, 4) is 0 Å². The Morgan fingerprint density at radius 3 is 2.35 bits per heavy atom. The summed E-state index contributed by atoms with van der Waals surface area (Å²) in [5, 5.41) is 0. The van der Waals surface area contributed by atoms with E-state index in [-0.39, 0.29) is 0 Å². The fourth-order valence-corrected chi connectivity index (χ4v) is 2.73. The molecule has 2 aromatic carbocycles. The number of hydrogen-bond acceptors (Lipinski definition) is 1. The van der Waals surface area contributed by atoms with Gasteiger partial charge in [0.2, 0.25) is 0 Å². The van der Waals surface area contributed by atoms with E-state index in [0.29, 0.717) is 0 Å². The molecule has 0 spiro atoms. The molecule has 0 saturated heterocycles. The van der Waals surface area contributed by atoms with Crippen molar-refractivity contribution in [3.63, 3.8) is 0 Å². The first kappa shape index (κ1) is 12.0. The molecule has 0 radical (unpaired) electrons. The Hall–Kier alpha value is -1.47. The van der Waals surface area contributed by atoms with Crippen LogP contribution in [-0.4, -0.2) is 0 Å². The molecule has 0 unspecified atom stereocenters. The van der Waals surface area contributed by atoms with Crippen molar-refractivity contribution >= 4 is 17.8 Å².